The summed E-state index contributed by atoms with van der Waals surface area (Å²) in [5.74, 6) is 0.483. The number of allylic oxidation sites excluding steroid dienone is 4. The minimum Gasteiger partial charge on any atom is -0.478 e. The molecule has 2 rings (SSSR count). The summed E-state index contributed by atoms with van der Waals surface area (Å²) in [7, 11) is 0. The number of carboxylic acids is 1. The standard InChI is InChI=1S/C20H19O2P/c1-3-11-17(4-2)23(16-20(21)22,18-12-7-5-8-13-18)19-14-9-6-10-15-19/h3-16H,1-2H2,(H,21,22)/b17-11+. The molecule has 0 radical (unpaired) electrons. The van der Waals surface area contributed by atoms with Crippen LogP contribution in [0.4, 0.5) is 0 Å². The SMILES string of the molecule is C=C/C=C(\C=C)P(=CC(=O)O)(c1ccccc1)c1ccccc1. The number of aliphatic carboxylic acids is 1. The highest BCUT2D eigenvalue weighted by atomic mass is 31.2. The first-order valence-electron chi connectivity index (χ1n) is 7.19. The maximum absolute atomic E-state index is 11.7. The zero-order valence-corrected chi connectivity index (χ0v) is 13.7. The molecule has 0 aliphatic heterocycles. The van der Waals surface area contributed by atoms with Crippen LogP contribution in [0.5, 0.6) is 0 Å². The summed E-state index contributed by atoms with van der Waals surface area (Å²) in [4.78, 5) is 11.7. The molecular formula is C20H19O2P. The van der Waals surface area contributed by atoms with Crippen molar-refractivity contribution < 1.29 is 9.90 Å². The predicted octanol–water partition coefficient (Wildman–Crippen LogP) is 3.80. The van der Waals surface area contributed by atoms with E-state index in [0.717, 1.165) is 15.9 Å². The monoisotopic (exact) mass is 322 g/mol. The molecule has 3 heteroatoms. The highest BCUT2D eigenvalue weighted by molar-refractivity contribution is 7.92. The van der Waals surface area contributed by atoms with Crippen molar-refractivity contribution in [1.29, 1.82) is 0 Å². The van der Waals surface area contributed by atoms with Gasteiger partial charge in [-0.1, -0.05) is 92.0 Å². The van der Waals surface area contributed by atoms with Crippen LogP contribution < -0.4 is 10.6 Å². The molecule has 2 aromatic carbocycles. The maximum atomic E-state index is 11.7. The lowest BCUT2D eigenvalue weighted by Crippen LogP contribution is -2.21. The molecule has 0 atom stereocenters. The van der Waals surface area contributed by atoms with Crippen LogP contribution in [0.15, 0.2) is 97.4 Å². The smallest absolute Gasteiger partial charge is 0.329 e. The number of rotatable bonds is 6. The normalized spacial score (nSPS) is 11.6. The first-order valence-corrected chi connectivity index (χ1v) is 9.05. The second-order valence-electron chi connectivity index (χ2n) is 4.89. The van der Waals surface area contributed by atoms with Gasteiger partial charge in [0.05, 0.1) is 0 Å². The van der Waals surface area contributed by atoms with E-state index in [0.29, 0.717) is 0 Å². The molecule has 2 nitrogen and oxygen atoms in total. The van der Waals surface area contributed by atoms with Crippen LogP contribution in [0.3, 0.4) is 0 Å². The number of hydrogen-bond donors (Lipinski definition) is 1. The van der Waals surface area contributed by atoms with Gasteiger partial charge in [0.2, 0.25) is 0 Å². The van der Waals surface area contributed by atoms with Gasteiger partial charge in [0.1, 0.15) is 0 Å². The van der Waals surface area contributed by atoms with E-state index in [4.69, 9.17) is 0 Å². The largest absolute Gasteiger partial charge is 0.478 e. The minimum absolute atomic E-state index is 0.868. The van der Waals surface area contributed by atoms with Crippen LogP contribution in [0.1, 0.15) is 0 Å². The van der Waals surface area contributed by atoms with Gasteiger partial charge in [-0.2, -0.15) is 0 Å². The van der Waals surface area contributed by atoms with Crippen molar-refractivity contribution in [1.82, 2.24) is 0 Å². The summed E-state index contributed by atoms with van der Waals surface area (Å²) in [6.07, 6.45) is 5.25. The molecule has 0 bridgehead atoms. The van der Waals surface area contributed by atoms with Crippen molar-refractivity contribution in [2.24, 2.45) is 0 Å². The van der Waals surface area contributed by atoms with E-state index in [1.165, 1.54) is 5.80 Å². The quantitative estimate of drug-likeness (QED) is 0.649. The van der Waals surface area contributed by atoms with Gasteiger partial charge in [-0.15, -0.1) is 0 Å². The Balaban J connectivity index is 2.97. The van der Waals surface area contributed by atoms with Crippen LogP contribution in [-0.4, -0.2) is 16.9 Å². The first kappa shape index (κ1) is 16.8. The third-order valence-electron chi connectivity index (χ3n) is 3.54. The van der Waals surface area contributed by atoms with Crippen molar-refractivity contribution in [3.63, 3.8) is 0 Å². The summed E-state index contributed by atoms with van der Waals surface area (Å²) in [5, 5.41) is 12.4. The second-order valence-corrected chi connectivity index (χ2v) is 8.15. The molecule has 23 heavy (non-hydrogen) atoms. The number of hydrogen-bond acceptors (Lipinski definition) is 1. The van der Waals surface area contributed by atoms with Crippen molar-refractivity contribution in [2.75, 3.05) is 0 Å². The van der Waals surface area contributed by atoms with Gasteiger partial charge in [0, 0.05) is 5.80 Å². The molecular weight excluding hydrogens is 303 g/mol. The van der Waals surface area contributed by atoms with Gasteiger partial charge in [0.15, 0.2) is 0 Å². The molecule has 2 aromatic rings. The van der Waals surface area contributed by atoms with Crippen LogP contribution in [0.25, 0.3) is 0 Å². The molecule has 0 fully saturated rings. The molecule has 0 aromatic heterocycles. The van der Waals surface area contributed by atoms with Gasteiger partial charge < -0.3 is 5.11 Å². The Labute approximate surface area is 137 Å². The van der Waals surface area contributed by atoms with Crippen molar-refractivity contribution >= 4 is 29.3 Å². The number of carboxylic acid groups (broad SMARTS) is 1. The van der Waals surface area contributed by atoms with Crippen LogP contribution in [-0.2, 0) is 4.79 Å². The molecule has 0 saturated heterocycles. The fourth-order valence-electron chi connectivity index (χ4n) is 2.61. The fraction of sp³-hybridized carbons (Fsp3) is 0. The van der Waals surface area contributed by atoms with E-state index >= 15 is 0 Å². The van der Waals surface area contributed by atoms with Crippen molar-refractivity contribution in [3.8, 4) is 0 Å². The van der Waals surface area contributed by atoms with E-state index < -0.39 is 12.9 Å². The molecule has 1 N–H and O–H groups in total. The van der Waals surface area contributed by atoms with Gasteiger partial charge >= 0.3 is 5.97 Å². The first-order chi connectivity index (χ1) is 11.1. The van der Waals surface area contributed by atoms with Crippen molar-refractivity contribution in [2.45, 2.75) is 0 Å². The summed E-state index contributed by atoms with van der Waals surface area (Å²) in [6.45, 7) is 5.23. The van der Waals surface area contributed by atoms with E-state index in [9.17, 15) is 9.90 Å². The van der Waals surface area contributed by atoms with Crippen LogP contribution in [0.2, 0.25) is 0 Å². The molecule has 0 spiro atoms. The van der Waals surface area contributed by atoms with E-state index in [-0.39, 0.29) is 0 Å². The van der Waals surface area contributed by atoms with Gasteiger partial charge in [0.25, 0.3) is 0 Å². The van der Waals surface area contributed by atoms with E-state index in [1.54, 1.807) is 12.2 Å². The number of carbonyl (C=O) groups is 1. The Kier molecular flexibility index (Phi) is 5.56. The van der Waals surface area contributed by atoms with Gasteiger partial charge in [-0.3, -0.25) is 0 Å². The Hall–Kier alpha value is -2.57. The summed E-state index contributed by atoms with van der Waals surface area (Å²) in [6, 6.07) is 19.5. The lowest BCUT2D eigenvalue weighted by Gasteiger charge is -2.28. The third kappa shape index (κ3) is 3.44. The average Bonchev–Trinajstić information content (AvgIpc) is 2.59. The Morgan fingerprint density at radius 1 is 0.913 bits per heavy atom. The molecule has 0 unspecified atom stereocenters. The topological polar surface area (TPSA) is 37.3 Å². The Bertz CT molecular complexity index is 743. The zero-order chi connectivity index (χ0) is 16.7. The van der Waals surface area contributed by atoms with E-state index in [2.05, 4.69) is 13.2 Å². The lowest BCUT2D eigenvalue weighted by atomic mass is 10.4. The third-order valence-corrected chi connectivity index (χ3v) is 7.52. The zero-order valence-electron chi connectivity index (χ0n) is 12.8. The lowest BCUT2D eigenvalue weighted by molar-refractivity contribution is -0.128. The molecule has 0 aliphatic rings. The van der Waals surface area contributed by atoms with Gasteiger partial charge in [-0.25, -0.2) is 4.79 Å². The maximum Gasteiger partial charge on any atom is 0.329 e. The van der Waals surface area contributed by atoms with E-state index in [1.807, 2.05) is 66.7 Å². The molecule has 0 saturated carbocycles. The van der Waals surface area contributed by atoms with Crippen molar-refractivity contribution in [3.05, 3.63) is 97.4 Å². The summed E-state index contributed by atoms with van der Waals surface area (Å²) in [5.41, 5.74) is 0. The average molecular weight is 322 g/mol. The summed E-state index contributed by atoms with van der Waals surface area (Å²) < 4.78 is 0. The Morgan fingerprint density at radius 3 is 1.74 bits per heavy atom. The molecule has 0 amide bonds. The number of benzene rings is 2. The highest BCUT2D eigenvalue weighted by Crippen LogP contribution is 2.53. The van der Waals surface area contributed by atoms with Crippen LogP contribution >= 0.6 is 6.89 Å². The highest BCUT2D eigenvalue weighted by Gasteiger charge is 2.26. The molecule has 116 valence electrons. The molecule has 0 heterocycles. The predicted molar refractivity (Wildman–Crippen MR) is 101 cm³/mol. The Morgan fingerprint density at radius 2 is 1.39 bits per heavy atom. The minimum atomic E-state index is -2.44. The molecule has 0 aliphatic carbocycles. The van der Waals surface area contributed by atoms with Crippen LogP contribution in [0, 0.1) is 0 Å². The van der Waals surface area contributed by atoms with Gasteiger partial charge in [-0.05, 0) is 22.8 Å². The summed E-state index contributed by atoms with van der Waals surface area (Å²) >= 11 is 0. The second kappa shape index (κ2) is 7.62. The fourth-order valence-corrected chi connectivity index (χ4v) is 6.20.